The molecular formula is C10H9F4N. The first-order valence-electron chi connectivity index (χ1n) is 4.59. The average molecular weight is 219 g/mol. The molecule has 5 heteroatoms. The van der Waals surface area contributed by atoms with Crippen LogP contribution < -0.4 is 5.32 Å². The summed E-state index contributed by atoms with van der Waals surface area (Å²) >= 11 is 0. The molecule has 0 aromatic heterocycles. The minimum atomic E-state index is -1.56. The molecule has 0 spiro atoms. The summed E-state index contributed by atoms with van der Waals surface area (Å²) in [7, 11) is 0. The zero-order valence-corrected chi connectivity index (χ0v) is 7.74. The van der Waals surface area contributed by atoms with Crippen molar-refractivity contribution in [3.8, 4) is 0 Å². The molecule has 1 heterocycles. The number of rotatable bonds is 2. The summed E-state index contributed by atoms with van der Waals surface area (Å²) in [5, 5.41) is 2.85. The predicted molar refractivity (Wildman–Crippen MR) is 46.5 cm³/mol. The molecule has 1 nitrogen and oxygen atoms in total. The quantitative estimate of drug-likeness (QED) is 0.594. The maximum atomic E-state index is 13.6. The first kappa shape index (κ1) is 10.4. The Hall–Kier alpha value is -1.10. The van der Waals surface area contributed by atoms with Gasteiger partial charge in [-0.1, -0.05) is 0 Å². The molecule has 1 unspecified atom stereocenters. The van der Waals surface area contributed by atoms with E-state index in [9.17, 15) is 17.6 Å². The van der Waals surface area contributed by atoms with Crippen LogP contribution in [-0.2, 0) is 0 Å². The molecule has 1 aliphatic rings. The summed E-state index contributed by atoms with van der Waals surface area (Å²) in [6.45, 7) is 0.948. The van der Waals surface area contributed by atoms with Crippen molar-refractivity contribution in [1.82, 2.24) is 5.32 Å². The first-order valence-corrected chi connectivity index (χ1v) is 4.59. The number of nitrogens with one attached hydrogen (secondary N) is 1. The Balaban J connectivity index is 2.27. The number of hydrogen-bond acceptors (Lipinski definition) is 1. The van der Waals surface area contributed by atoms with Gasteiger partial charge >= 0.3 is 0 Å². The summed E-state index contributed by atoms with van der Waals surface area (Å²) in [6.07, 6.45) is -1.45. The largest absolute Gasteiger partial charge is 0.316 e. The highest BCUT2D eigenvalue weighted by molar-refractivity contribution is 5.22. The molecule has 2 rings (SSSR count). The van der Waals surface area contributed by atoms with Gasteiger partial charge in [-0.05, 0) is 17.7 Å². The Morgan fingerprint density at radius 1 is 1.13 bits per heavy atom. The summed E-state index contributed by atoms with van der Waals surface area (Å²) in [5.74, 6) is -4.54. The van der Waals surface area contributed by atoms with E-state index in [2.05, 4.69) is 5.32 Å². The van der Waals surface area contributed by atoms with Gasteiger partial charge in [0.2, 0.25) is 0 Å². The molecule has 1 aromatic carbocycles. The van der Waals surface area contributed by atoms with Crippen LogP contribution in [0.25, 0.3) is 0 Å². The van der Waals surface area contributed by atoms with E-state index in [1.165, 1.54) is 0 Å². The van der Waals surface area contributed by atoms with Gasteiger partial charge in [0.25, 0.3) is 0 Å². The van der Waals surface area contributed by atoms with Crippen LogP contribution in [0.4, 0.5) is 17.6 Å². The number of hydrogen-bond donors (Lipinski definition) is 1. The molecule has 1 aromatic rings. The summed E-state index contributed by atoms with van der Waals surface area (Å²) in [4.78, 5) is 0. The van der Waals surface area contributed by atoms with E-state index in [1.54, 1.807) is 0 Å². The van der Waals surface area contributed by atoms with E-state index in [0.717, 1.165) is 0 Å². The van der Waals surface area contributed by atoms with Crippen LogP contribution in [0.3, 0.4) is 0 Å². The van der Waals surface area contributed by atoms with E-state index in [-0.39, 0.29) is 11.5 Å². The number of halogens is 4. The molecule has 1 fully saturated rings. The van der Waals surface area contributed by atoms with Gasteiger partial charge in [-0.15, -0.1) is 0 Å². The van der Waals surface area contributed by atoms with E-state index in [0.29, 0.717) is 25.2 Å². The topological polar surface area (TPSA) is 12.0 Å². The molecule has 0 saturated carbocycles. The van der Waals surface area contributed by atoms with Gasteiger partial charge in [-0.25, -0.2) is 17.6 Å². The second kappa shape index (κ2) is 3.81. The van der Waals surface area contributed by atoms with Crippen molar-refractivity contribution in [2.45, 2.75) is 6.17 Å². The smallest absolute Gasteiger partial charge is 0.194 e. The highest BCUT2D eigenvalue weighted by Gasteiger charge is 2.29. The lowest BCUT2D eigenvalue weighted by molar-refractivity contribution is 0.170. The fraction of sp³-hybridized carbons (Fsp3) is 0.400. The van der Waals surface area contributed by atoms with Crippen LogP contribution in [0.5, 0.6) is 0 Å². The summed E-state index contributed by atoms with van der Waals surface area (Å²) in [6, 6.07) is 1.42. The maximum Gasteiger partial charge on any atom is 0.194 e. The van der Waals surface area contributed by atoms with Crippen LogP contribution >= 0.6 is 0 Å². The van der Waals surface area contributed by atoms with Crippen molar-refractivity contribution < 1.29 is 17.6 Å². The Kier molecular flexibility index (Phi) is 2.65. The normalized spacial score (nSPS) is 18.7. The van der Waals surface area contributed by atoms with Gasteiger partial charge < -0.3 is 5.32 Å². The minimum Gasteiger partial charge on any atom is -0.316 e. The molecular weight excluding hydrogens is 210 g/mol. The first-order chi connectivity index (χ1) is 7.09. The van der Waals surface area contributed by atoms with Gasteiger partial charge in [0.15, 0.2) is 17.5 Å². The second-order valence-corrected chi connectivity index (χ2v) is 3.62. The van der Waals surface area contributed by atoms with Crippen molar-refractivity contribution in [3.63, 3.8) is 0 Å². The third-order valence-electron chi connectivity index (χ3n) is 2.55. The van der Waals surface area contributed by atoms with E-state index >= 15 is 0 Å². The molecule has 15 heavy (non-hydrogen) atoms. The molecule has 0 amide bonds. The Morgan fingerprint density at radius 2 is 1.67 bits per heavy atom. The molecule has 1 atom stereocenters. The molecule has 1 N–H and O–H groups in total. The van der Waals surface area contributed by atoms with Gasteiger partial charge in [-0.3, -0.25) is 0 Å². The summed E-state index contributed by atoms with van der Waals surface area (Å²) in [5.41, 5.74) is -0.141. The van der Waals surface area contributed by atoms with Gasteiger partial charge in [0.1, 0.15) is 6.17 Å². The Labute approximate surface area is 84.1 Å². The van der Waals surface area contributed by atoms with Crippen molar-refractivity contribution in [2.75, 3.05) is 13.1 Å². The SMILES string of the molecule is Fc1cc(C(F)C2CNC2)cc(F)c1F. The predicted octanol–water partition coefficient (Wildman–Crippen LogP) is 2.33. The summed E-state index contributed by atoms with van der Waals surface area (Å²) < 4.78 is 51.7. The van der Waals surface area contributed by atoms with Crippen LogP contribution in [0, 0.1) is 23.4 Å². The maximum absolute atomic E-state index is 13.6. The van der Waals surface area contributed by atoms with E-state index < -0.39 is 23.6 Å². The van der Waals surface area contributed by atoms with Crippen molar-refractivity contribution >= 4 is 0 Å². The fourth-order valence-electron chi connectivity index (χ4n) is 1.52. The van der Waals surface area contributed by atoms with E-state index in [1.807, 2.05) is 0 Å². The zero-order chi connectivity index (χ0) is 11.0. The monoisotopic (exact) mass is 219 g/mol. The van der Waals surface area contributed by atoms with Crippen molar-refractivity contribution in [1.29, 1.82) is 0 Å². The number of alkyl halides is 1. The molecule has 82 valence electrons. The van der Waals surface area contributed by atoms with Crippen LogP contribution in [-0.4, -0.2) is 13.1 Å². The molecule has 0 bridgehead atoms. The lowest BCUT2D eigenvalue weighted by Crippen LogP contribution is -2.44. The van der Waals surface area contributed by atoms with Gasteiger partial charge in [0, 0.05) is 19.0 Å². The fourth-order valence-corrected chi connectivity index (χ4v) is 1.52. The standard InChI is InChI=1S/C10H9F4N/c11-7-1-5(2-8(12)10(7)14)9(13)6-3-15-4-6/h1-2,6,9,15H,3-4H2. The van der Waals surface area contributed by atoms with Gasteiger partial charge in [0.05, 0.1) is 0 Å². The minimum absolute atomic E-state index is 0.141. The van der Waals surface area contributed by atoms with Crippen LogP contribution in [0.1, 0.15) is 11.7 Å². The van der Waals surface area contributed by atoms with Crippen LogP contribution in [0.15, 0.2) is 12.1 Å². The molecule has 1 aliphatic heterocycles. The van der Waals surface area contributed by atoms with Crippen molar-refractivity contribution in [2.24, 2.45) is 5.92 Å². The Bertz CT molecular complexity index is 353. The van der Waals surface area contributed by atoms with Gasteiger partial charge in [-0.2, -0.15) is 0 Å². The average Bonchev–Trinajstić information content (AvgIpc) is 2.10. The molecule has 0 aliphatic carbocycles. The third-order valence-corrected chi connectivity index (χ3v) is 2.55. The van der Waals surface area contributed by atoms with E-state index in [4.69, 9.17) is 0 Å². The second-order valence-electron chi connectivity index (χ2n) is 3.62. The highest BCUT2D eigenvalue weighted by Crippen LogP contribution is 2.30. The third kappa shape index (κ3) is 1.84. The highest BCUT2D eigenvalue weighted by atomic mass is 19.2. The van der Waals surface area contributed by atoms with Crippen LogP contribution in [0.2, 0.25) is 0 Å². The number of benzene rings is 1. The molecule has 1 saturated heterocycles. The lowest BCUT2D eigenvalue weighted by atomic mass is 9.92. The molecule has 0 radical (unpaired) electrons. The zero-order valence-electron chi connectivity index (χ0n) is 7.74. The Morgan fingerprint density at radius 3 is 2.07 bits per heavy atom. The lowest BCUT2D eigenvalue weighted by Gasteiger charge is -2.30. The van der Waals surface area contributed by atoms with Crippen molar-refractivity contribution in [3.05, 3.63) is 35.1 Å².